The first-order valence-electron chi connectivity index (χ1n) is 8.19. The summed E-state index contributed by atoms with van der Waals surface area (Å²) in [4.78, 5) is 4.28. The third-order valence-electron chi connectivity index (χ3n) is 4.00. The zero-order valence-corrected chi connectivity index (χ0v) is 16.2. The van der Waals surface area contributed by atoms with Crippen LogP contribution in [0.25, 0.3) is 22.8 Å². The van der Waals surface area contributed by atoms with E-state index >= 15 is 0 Å². The molecule has 6 nitrogen and oxygen atoms in total. The van der Waals surface area contributed by atoms with Gasteiger partial charge in [0, 0.05) is 16.8 Å². The number of halogens is 1. The van der Waals surface area contributed by atoms with E-state index in [4.69, 9.17) is 4.52 Å². The Morgan fingerprint density at radius 1 is 1.07 bits per heavy atom. The molecule has 4 aromatic rings. The molecule has 0 bridgehead atoms. The number of aromatic nitrogens is 2. The molecule has 0 unspecified atom stereocenters. The smallest absolute Gasteiger partial charge is 0.271 e. The first kappa shape index (κ1) is 18.3. The van der Waals surface area contributed by atoms with Crippen molar-refractivity contribution >= 4 is 27.0 Å². The Morgan fingerprint density at radius 2 is 1.82 bits per heavy atom. The van der Waals surface area contributed by atoms with Gasteiger partial charge < -0.3 is 4.52 Å². The number of nitrogens with one attached hydrogen (secondary N) is 1. The molecular formula is C19H14FN3O3S2. The third kappa shape index (κ3) is 3.67. The van der Waals surface area contributed by atoms with Gasteiger partial charge in [0.05, 0.1) is 0 Å². The molecule has 0 radical (unpaired) electrons. The molecule has 0 amide bonds. The molecule has 0 saturated heterocycles. The van der Waals surface area contributed by atoms with E-state index in [-0.39, 0.29) is 15.9 Å². The Balaban J connectivity index is 1.55. The molecule has 0 aliphatic carbocycles. The van der Waals surface area contributed by atoms with Crippen LogP contribution < -0.4 is 4.72 Å². The van der Waals surface area contributed by atoms with E-state index in [1.807, 2.05) is 0 Å². The minimum Gasteiger partial charge on any atom is -0.334 e. The Bertz CT molecular complexity index is 1220. The summed E-state index contributed by atoms with van der Waals surface area (Å²) in [6.45, 7) is 1.67. The van der Waals surface area contributed by atoms with Gasteiger partial charge in [-0.1, -0.05) is 17.3 Å². The highest BCUT2D eigenvalue weighted by Gasteiger charge is 2.16. The van der Waals surface area contributed by atoms with E-state index in [1.165, 1.54) is 12.1 Å². The number of aryl methyl sites for hydroxylation is 1. The molecule has 0 spiro atoms. The van der Waals surface area contributed by atoms with Crippen LogP contribution in [0.4, 0.5) is 10.1 Å². The van der Waals surface area contributed by atoms with E-state index in [1.54, 1.807) is 54.8 Å². The maximum atomic E-state index is 13.7. The topological polar surface area (TPSA) is 85.1 Å². The van der Waals surface area contributed by atoms with Crippen LogP contribution in [0.3, 0.4) is 0 Å². The van der Waals surface area contributed by atoms with Crippen LogP contribution in [0.2, 0.25) is 0 Å². The van der Waals surface area contributed by atoms with Crippen molar-refractivity contribution < 1.29 is 17.3 Å². The van der Waals surface area contributed by atoms with Gasteiger partial charge in [-0.05, 0) is 60.3 Å². The number of hydrogen-bond acceptors (Lipinski definition) is 6. The molecule has 0 atom stereocenters. The van der Waals surface area contributed by atoms with E-state index in [9.17, 15) is 12.8 Å². The lowest BCUT2D eigenvalue weighted by Crippen LogP contribution is -2.11. The van der Waals surface area contributed by atoms with Crippen molar-refractivity contribution in [3.8, 4) is 22.8 Å². The monoisotopic (exact) mass is 415 g/mol. The van der Waals surface area contributed by atoms with Gasteiger partial charge in [0.15, 0.2) is 0 Å². The van der Waals surface area contributed by atoms with Crippen LogP contribution in [0.5, 0.6) is 0 Å². The fourth-order valence-electron chi connectivity index (χ4n) is 2.49. The quantitative estimate of drug-likeness (QED) is 0.510. The van der Waals surface area contributed by atoms with Gasteiger partial charge in [0.25, 0.3) is 15.9 Å². The van der Waals surface area contributed by atoms with Gasteiger partial charge in [-0.2, -0.15) is 4.98 Å². The summed E-state index contributed by atoms with van der Waals surface area (Å²) in [6.07, 6.45) is 0. The lowest BCUT2D eigenvalue weighted by molar-refractivity contribution is 0.432. The summed E-state index contributed by atoms with van der Waals surface area (Å²) in [7, 11) is -3.60. The summed E-state index contributed by atoms with van der Waals surface area (Å²) >= 11 is 1.14. The van der Waals surface area contributed by atoms with E-state index in [0.29, 0.717) is 28.2 Å². The molecular weight excluding hydrogens is 401 g/mol. The normalized spacial score (nSPS) is 11.5. The van der Waals surface area contributed by atoms with Gasteiger partial charge in [-0.3, -0.25) is 4.72 Å². The van der Waals surface area contributed by atoms with Crippen molar-refractivity contribution in [3.63, 3.8) is 0 Å². The van der Waals surface area contributed by atoms with Crippen LogP contribution in [-0.2, 0) is 10.0 Å². The molecule has 0 saturated carbocycles. The fourth-order valence-corrected chi connectivity index (χ4v) is 4.54. The SMILES string of the molecule is Cc1ccc(-c2nc(-c3ccc(NS(=O)(=O)c4cccs4)cc3)no2)cc1F. The van der Waals surface area contributed by atoms with E-state index in [2.05, 4.69) is 14.9 Å². The highest BCUT2D eigenvalue weighted by molar-refractivity contribution is 7.94. The number of rotatable bonds is 5. The molecule has 0 fully saturated rings. The zero-order chi connectivity index (χ0) is 19.7. The molecule has 2 aromatic heterocycles. The van der Waals surface area contributed by atoms with Crippen LogP contribution >= 0.6 is 11.3 Å². The average molecular weight is 415 g/mol. The summed E-state index contributed by atoms with van der Waals surface area (Å²) in [5.41, 5.74) is 2.08. The molecule has 0 aliphatic heterocycles. The minimum absolute atomic E-state index is 0.205. The summed E-state index contributed by atoms with van der Waals surface area (Å²) < 4.78 is 46.2. The zero-order valence-electron chi connectivity index (χ0n) is 14.6. The van der Waals surface area contributed by atoms with Crippen LogP contribution in [0.15, 0.2) is 68.7 Å². The van der Waals surface area contributed by atoms with Crippen LogP contribution in [0.1, 0.15) is 5.56 Å². The predicted octanol–water partition coefficient (Wildman–Crippen LogP) is 4.71. The molecule has 2 heterocycles. The van der Waals surface area contributed by atoms with Gasteiger partial charge in [0.1, 0.15) is 10.0 Å². The van der Waals surface area contributed by atoms with E-state index < -0.39 is 10.0 Å². The average Bonchev–Trinajstić information content (AvgIpc) is 3.37. The molecule has 28 heavy (non-hydrogen) atoms. The summed E-state index contributed by atoms with van der Waals surface area (Å²) in [6, 6.07) is 14.5. The van der Waals surface area contributed by atoms with E-state index in [0.717, 1.165) is 11.3 Å². The Kier molecular flexibility index (Phi) is 4.70. The molecule has 142 valence electrons. The first-order chi connectivity index (χ1) is 13.4. The third-order valence-corrected chi connectivity index (χ3v) is 6.78. The lowest BCUT2D eigenvalue weighted by Gasteiger charge is -2.06. The van der Waals surface area contributed by atoms with Crippen molar-refractivity contribution in [1.82, 2.24) is 10.1 Å². The first-order valence-corrected chi connectivity index (χ1v) is 10.6. The second-order valence-corrected chi connectivity index (χ2v) is 8.86. The van der Waals surface area contributed by atoms with Gasteiger partial charge in [-0.25, -0.2) is 12.8 Å². The minimum atomic E-state index is -3.60. The predicted molar refractivity (Wildman–Crippen MR) is 105 cm³/mol. The largest absolute Gasteiger partial charge is 0.334 e. The fraction of sp³-hybridized carbons (Fsp3) is 0.0526. The molecule has 1 N–H and O–H groups in total. The number of anilines is 1. The van der Waals surface area contributed by atoms with Gasteiger partial charge >= 0.3 is 0 Å². The molecule has 2 aromatic carbocycles. The summed E-state index contributed by atoms with van der Waals surface area (Å²) in [5.74, 6) is 0.180. The Labute approximate surface area is 164 Å². The second-order valence-electron chi connectivity index (χ2n) is 6.00. The lowest BCUT2D eigenvalue weighted by atomic mass is 10.1. The number of nitrogens with zero attached hydrogens (tertiary/aromatic N) is 2. The van der Waals surface area contributed by atoms with Crippen molar-refractivity contribution in [3.05, 3.63) is 71.4 Å². The molecule has 4 rings (SSSR count). The maximum Gasteiger partial charge on any atom is 0.271 e. The van der Waals surface area contributed by atoms with Crippen LogP contribution in [-0.4, -0.2) is 18.6 Å². The highest BCUT2D eigenvalue weighted by atomic mass is 32.2. The highest BCUT2D eigenvalue weighted by Crippen LogP contribution is 2.26. The van der Waals surface area contributed by atoms with Gasteiger partial charge in [0.2, 0.25) is 5.82 Å². The van der Waals surface area contributed by atoms with Gasteiger partial charge in [-0.15, -0.1) is 11.3 Å². The van der Waals surface area contributed by atoms with Crippen LogP contribution in [0, 0.1) is 12.7 Å². The summed E-state index contributed by atoms with van der Waals surface area (Å²) in [5, 5.41) is 5.61. The number of benzene rings is 2. The standard InChI is InChI=1S/C19H14FN3O3S2/c1-12-4-5-14(11-16(12)20)19-21-18(22-26-19)13-6-8-15(9-7-13)23-28(24,25)17-3-2-10-27-17/h2-11,23H,1H3. The van der Waals surface area contributed by atoms with Crippen molar-refractivity contribution in [2.45, 2.75) is 11.1 Å². The second kappa shape index (κ2) is 7.17. The molecule has 0 aliphatic rings. The number of hydrogen-bond donors (Lipinski definition) is 1. The van der Waals surface area contributed by atoms with Crippen molar-refractivity contribution in [2.75, 3.05) is 4.72 Å². The Morgan fingerprint density at radius 3 is 2.50 bits per heavy atom. The Hall–Kier alpha value is -3.04. The number of sulfonamides is 1. The number of thiophene rings is 1. The maximum absolute atomic E-state index is 13.7. The molecule has 9 heteroatoms. The van der Waals surface area contributed by atoms with Crippen molar-refractivity contribution in [2.24, 2.45) is 0 Å². The van der Waals surface area contributed by atoms with Crippen molar-refractivity contribution in [1.29, 1.82) is 0 Å².